The number of imidazole rings is 1. The molecule has 4 aromatic heterocycles. The topological polar surface area (TPSA) is 279 Å². The van der Waals surface area contributed by atoms with Crippen LogP contribution in [0.2, 0.25) is 0 Å². The van der Waals surface area contributed by atoms with Gasteiger partial charge in [0.2, 0.25) is 0 Å². The van der Waals surface area contributed by atoms with Gasteiger partial charge in [-0.25, -0.2) is 32.9 Å². The Hall–Kier alpha value is -3.61. The van der Waals surface area contributed by atoms with Crippen molar-refractivity contribution in [2.24, 2.45) is 0 Å². The molecular weight excluding hydrogens is 643 g/mol. The summed E-state index contributed by atoms with van der Waals surface area (Å²) in [6, 6.07) is 0. The van der Waals surface area contributed by atoms with E-state index < -0.39 is 86.1 Å². The van der Waals surface area contributed by atoms with Crippen LogP contribution in [0.1, 0.15) is 12.5 Å². The molecule has 9 atom stereocenters. The van der Waals surface area contributed by atoms with Gasteiger partial charge in [-0.2, -0.15) is 17.8 Å². The van der Waals surface area contributed by atoms with Gasteiger partial charge in [-0.15, -0.1) is 5.10 Å². The number of aromatic nitrogens is 9. The number of rotatable bonds is 2. The molecule has 4 N–H and O–H groups in total. The molecule has 3 fully saturated rings. The largest absolute Gasteiger partial charge is 0.756 e. The molecule has 1 unspecified atom stereocenters. The van der Waals surface area contributed by atoms with Gasteiger partial charge in [-0.1, -0.05) is 5.21 Å². The van der Waals surface area contributed by atoms with E-state index in [2.05, 4.69) is 35.2 Å². The molecule has 0 aromatic carbocycles. The zero-order valence-electron chi connectivity index (χ0n) is 21.6. The van der Waals surface area contributed by atoms with Crippen LogP contribution in [0.25, 0.3) is 22.3 Å². The van der Waals surface area contributed by atoms with Crippen molar-refractivity contribution >= 4 is 46.3 Å². The number of nitrogens with one attached hydrogen (secondary N) is 2. The lowest BCUT2D eigenvalue weighted by Gasteiger charge is -2.31. The Bertz CT molecular complexity index is 1960. The number of phosphoric ester groups is 1. The van der Waals surface area contributed by atoms with Crippen molar-refractivity contribution in [1.82, 2.24) is 49.2 Å². The molecule has 0 aliphatic carbocycles. The van der Waals surface area contributed by atoms with E-state index in [9.17, 15) is 22.7 Å². The maximum absolute atomic E-state index is 15.8. The summed E-state index contributed by atoms with van der Waals surface area (Å²) in [4.78, 5) is 42.8. The highest BCUT2D eigenvalue weighted by molar-refractivity contribution is 7.84. The fraction of sp³-hybridized carbons (Fsp3) is 0.526. The smallest absolute Gasteiger partial charge is 0.336 e. The van der Waals surface area contributed by atoms with E-state index in [0.29, 0.717) is 0 Å². The molecule has 236 valence electrons. The summed E-state index contributed by atoms with van der Waals surface area (Å²) in [5.74, 6) is -0.0182. The van der Waals surface area contributed by atoms with Crippen molar-refractivity contribution in [2.45, 2.75) is 49.2 Å². The molecule has 0 spiro atoms. The molecule has 25 heteroatoms. The van der Waals surface area contributed by atoms with Crippen molar-refractivity contribution < 1.29 is 49.4 Å². The zero-order chi connectivity index (χ0) is 31.0. The molecule has 21 nitrogen and oxygen atoms in total. The summed E-state index contributed by atoms with van der Waals surface area (Å²) >= 11 is 0. The van der Waals surface area contributed by atoms with Gasteiger partial charge in [0.15, 0.2) is 47.4 Å². The van der Waals surface area contributed by atoms with Crippen LogP contribution >= 0.6 is 7.82 Å². The maximum atomic E-state index is 15.8. The second-order valence-electron chi connectivity index (χ2n) is 9.72. The standard InChI is InChI=1S/C19H20F2N11O10PS/c20-8-12-6(39-18(8)31-5-27-10-14(22)23-3-24-15(10)31)1-28-44(36,37)42-13-7(2-38-43(34,35)41-12)40-19(9(13)21)32-16-11(29-30-32)17(33)26-4-25-16/h3-9,12-13,18-19,28H,1-2H2,(H,34,35)(H2,22,23,24)(H,25,26,33)/p-1/t6-,7-,8-,9+,12-,13-,18-,19-/m1/s1. The summed E-state index contributed by atoms with van der Waals surface area (Å²) in [7, 11) is -10.2. The predicted octanol–water partition coefficient (Wildman–Crippen LogP) is -2.49. The number of anilines is 1. The molecule has 44 heavy (non-hydrogen) atoms. The highest BCUT2D eigenvalue weighted by atomic mass is 32.2. The number of phosphoric acid groups is 1. The first-order chi connectivity index (χ1) is 20.9. The van der Waals surface area contributed by atoms with E-state index in [1.165, 1.54) is 0 Å². The van der Waals surface area contributed by atoms with Crippen molar-refractivity contribution in [3.05, 3.63) is 29.3 Å². The number of nitrogens with two attached hydrogens (primary N) is 1. The van der Waals surface area contributed by atoms with Crippen LogP contribution < -0.4 is 20.9 Å². The minimum absolute atomic E-state index is 0.0182. The Morgan fingerprint density at radius 1 is 1.05 bits per heavy atom. The Labute approximate surface area is 242 Å². The highest BCUT2D eigenvalue weighted by Crippen LogP contribution is 2.47. The van der Waals surface area contributed by atoms with Gasteiger partial charge in [0.1, 0.15) is 36.3 Å². The number of nitrogens with zero attached hydrogens (tertiary/aromatic N) is 8. The van der Waals surface area contributed by atoms with E-state index in [4.69, 9.17) is 28.4 Å². The third-order valence-corrected chi connectivity index (χ3v) is 9.01. The first-order valence-electron chi connectivity index (χ1n) is 12.5. The summed E-state index contributed by atoms with van der Waals surface area (Å²) in [6.07, 6.45) is -11.9. The lowest BCUT2D eigenvalue weighted by Crippen LogP contribution is -2.45. The van der Waals surface area contributed by atoms with Crippen LogP contribution in [-0.4, -0.2) is 103 Å². The highest BCUT2D eigenvalue weighted by Gasteiger charge is 2.53. The first kappa shape index (κ1) is 29.1. The van der Waals surface area contributed by atoms with Gasteiger partial charge in [0.05, 0.1) is 19.3 Å². The van der Waals surface area contributed by atoms with E-state index in [1.54, 1.807) is 0 Å². The van der Waals surface area contributed by atoms with Gasteiger partial charge < -0.3 is 34.1 Å². The van der Waals surface area contributed by atoms with Crippen molar-refractivity contribution in [3.63, 3.8) is 0 Å². The molecule has 3 aliphatic heterocycles. The third kappa shape index (κ3) is 4.93. The van der Waals surface area contributed by atoms with Crippen molar-refractivity contribution in [2.75, 3.05) is 18.9 Å². The molecule has 7 rings (SSSR count). The van der Waals surface area contributed by atoms with Gasteiger partial charge in [-0.05, 0) is 0 Å². The second kappa shape index (κ2) is 10.5. The van der Waals surface area contributed by atoms with Gasteiger partial charge in [-0.3, -0.25) is 13.9 Å². The van der Waals surface area contributed by atoms with Crippen LogP contribution in [0.5, 0.6) is 0 Å². The minimum Gasteiger partial charge on any atom is -0.756 e. The minimum atomic E-state index is -5.40. The van der Waals surface area contributed by atoms with E-state index >= 15 is 8.78 Å². The SMILES string of the molecule is Nc1ncnc2c1ncn2[C@@H]1O[C@@H]2CNS(=O)(=O)O[C@H]3[C@H](F)[C@H](n4nnc5c(=O)[nH]cnc54)O[C@@H]3COP(=O)([O-])O[C@H]2[C@H]1F. The number of halogens is 2. The van der Waals surface area contributed by atoms with Crippen LogP contribution in [0.4, 0.5) is 14.6 Å². The fourth-order valence-electron chi connectivity index (χ4n) is 5.06. The lowest BCUT2D eigenvalue weighted by atomic mass is 10.1. The van der Waals surface area contributed by atoms with Crippen molar-refractivity contribution in [1.29, 1.82) is 0 Å². The molecule has 3 aliphatic rings. The number of hydrogen-bond donors (Lipinski definition) is 3. The number of nitrogen functional groups attached to an aromatic ring is 1. The third-order valence-electron chi connectivity index (χ3n) is 7.05. The molecule has 0 amide bonds. The molecule has 3 saturated heterocycles. The van der Waals surface area contributed by atoms with Crippen LogP contribution in [-0.2, 0) is 37.6 Å². The average Bonchev–Trinajstić information content (AvgIpc) is 3.73. The summed E-state index contributed by atoms with van der Waals surface area (Å²) in [5, 5.41) is 7.28. The molecule has 0 radical (unpaired) electrons. The van der Waals surface area contributed by atoms with Crippen LogP contribution in [0.3, 0.4) is 0 Å². The van der Waals surface area contributed by atoms with Crippen molar-refractivity contribution in [3.8, 4) is 0 Å². The number of hydrogen-bond acceptors (Lipinski definition) is 17. The van der Waals surface area contributed by atoms with Gasteiger partial charge in [0.25, 0.3) is 13.4 Å². The van der Waals surface area contributed by atoms with Gasteiger partial charge >= 0.3 is 10.3 Å². The Morgan fingerprint density at radius 2 is 1.82 bits per heavy atom. The van der Waals surface area contributed by atoms with E-state index in [1.807, 2.05) is 4.72 Å². The number of H-pyrrole nitrogens is 1. The second-order valence-corrected chi connectivity index (χ2v) is 12.5. The summed E-state index contributed by atoms with van der Waals surface area (Å²) in [5.41, 5.74) is 4.73. The molecule has 0 bridgehead atoms. The Balaban J connectivity index is 1.17. The number of ether oxygens (including phenoxy) is 2. The molecule has 7 heterocycles. The van der Waals surface area contributed by atoms with Gasteiger partial charge in [0, 0.05) is 6.54 Å². The lowest BCUT2D eigenvalue weighted by molar-refractivity contribution is -0.235. The predicted molar refractivity (Wildman–Crippen MR) is 134 cm³/mol. The van der Waals surface area contributed by atoms with E-state index in [0.717, 1.165) is 28.2 Å². The normalized spacial score (nSPS) is 36.1. The number of aromatic amines is 1. The molecule has 4 aromatic rings. The quantitative estimate of drug-likeness (QED) is 0.187. The van der Waals surface area contributed by atoms with E-state index in [-0.39, 0.29) is 28.1 Å². The Morgan fingerprint density at radius 3 is 2.64 bits per heavy atom. The zero-order valence-corrected chi connectivity index (χ0v) is 23.3. The monoisotopic (exact) mass is 662 g/mol. The Kier molecular flexibility index (Phi) is 6.94. The fourth-order valence-corrected chi connectivity index (χ4v) is 6.96. The molecule has 0 saturated carbocycles. The number of fused-ring (bicyclic) bond motifs is 4. The summed E-state index contributed by atoms with van der Waals surface area (Å²) in [6.45, 7) is -1.81. The maximum Gasteiger partial charge on any atom is 0.336 e. The molecular formula is C19H19F2N11O10PS-. The average molecular weight is 662 g/mol. The summed E-state index contributed by atoms with van der Waals surface area (Å²) < 4.78 is 100. The van der Waals surface area contributed by atoms with Crippen LogP contribution in [0, 0.1) is 0 Å². The number of alkyl halides is 2. The first-order valence-corrected chi connectivity index (χ1v) is 15.4. The van der Waals surface area contributed by atoms with Crippen LogP contribution in [0.15, 0.2) is 23.8 Å².